The average molecular weight is 488 g/mol. The summed E-state index contributed by atoms with van der Waals surface area (Å²) >= 11 is 0. The van der Waals surface area contributed by atoms with Gasteiger partial charge in [-0.1, -0.05) is 18.1 Å². The van der Waals surface area contributed by atoms with E-state index in [1.165, 1.54) is 28.9 Å². The molecule has 3 amide bonds. The van der Waals surface area contributed by atoms with Crippen molar-refractivity contribution in [2.45, 2.75) is 121 Å². The summed E-state index contributed by atoms with van der Waals surface area (Å²) in [6.45, 7) is 8.28. The second-order valence-corrected chi connectivity index (χ2v) is 11.6. The number of aliphatic hydroxyl groups is 1. The molecule has 2 saturated carbocycles. The summed E-state index contributed by atoms with van der Waals surface area (Å²) in [7, 11) is 0. The Hall–Kier alpha value is -1.73. The number of imide groups is 1. The van der Waals surface area contributed by atoms with Crippen LogP contribution in [0.1, 0.15) is 104 Å². The van der Waals surface area contributed by atoms with E-state index < -0.39 is 11.1 Å². The minimum Gasteiger partial charge on any atom is -0.388 e. The minimum absolute atomic E-state index is 0.0300. The van der Waals surface area contributed by atoms with Gasteiger partial charge in [0.1, 0.15) is 11.3 Å². The molecule has 0 radical (unpaired) electrons. The van der Waals surface area contributed by atoms with Gasteiger partial charge < -0.3 is 10.4 Å². The van der Waals surface area contributed by atoms with Crippen LogP contribution in [0.2, 0.25) is 0 Å². The third-order valence-electron chi connectivity index (χ3n) is 9.09. The Morgan fingerprint density at radius 3 is 2.51 bits per heavy atom. The van der Waals surface area contributed by atoms with E-state index in [0.29, 0.717) is 51.5 Å². The number of amides is 3. The largest absolute Gasteiger partial charge is 0.388 e. The van der Waals surface area contributed by atoms with Crippen molar-refractivity contribution in [1.29, 1.82) is 0 Å². The van der Waals surface area contributed by atoms with Gasteiger partial charge in [-0.05, 0) is 96.9 Å². The molecular weight excluding hydrogens is 442 g/mol. The first-order chi connectivity index (χ1) is 16.7. The van der Waals surface area contributed by atoms with E-state index in [-0.39, 0.29) is 23.8 Å². The summed E-state index contributed by atoms with van der Waals surface area (Å²) in [5.74, 6) is 0.879. The molecule has 4 aliphatic rings. The highest BCUT2D eigenvalue weighted by atomic mass is 16.3. The number of nitrogens with zero attached hydrogens (tertiary/aromatic N) is 2. The lowest BCUT2D eigenvalue weighted by atomic mass is 9.80. The molecule has 7 heteroatoms. The highest BCUT2D eigenvalue weighted by molar-refractivity contribution is 6.07. The molecule has 7 nitrogen and oxygen atoms in total. The van der Waals surface area contributed by atoms with Crippen LogP contribution in [0.3, 0.4) is 0 Å². The molecule has 0 aromatic rings. The van der Waals surface area contributed by atoms with Crippen LogP contribution in [0, 0.1) is 5.92 Å². The molecule has 2 aliphatic heterocycles. The van der Waals surface area contributed by atoms with Crippen LogP contribution in [0.15, 0.2) is 11.1 Å². The second-order valence-electron chi connectivity index (χ2n) is 11.6. The summed E-state index contributed by atoms with van der Waals surface area (Å²) in [6, 6.07) is -0.331. The van der Waals surface area contributed by atoms with Crippen molar-refractivity contribution in [3.8, 4) is 0 Å². The Labute approximate surface area is 210 Å². The van der Waals surface area contributed by atoms with Crippen LogP contribution < -0.4 is 5.32 Å². The molecule has 35 heavy (non-hydrogen) atoms. The lowest BCUT2D eigenvalue weighted by molar-refractivity contribution is -0.131. The van der Waals surface area contributed by atoms with Gasteiger partial charge in [-0.3, -0.25) is 19.4 Å². The minimum atomic E-state index is -0.922. The van der Waals surface area contributed by atoms with E-state index in [9.17, 15) is 19.5 Å². The van der Waals surface area contributed by atoms with Gasteiger partial charge in [0.25, 0.3) is 5.91 Å². The maximum absolute atomic E-state index is 13.2. The molecule has 0 bridgehead atoms. The van der Waals surface area contributed by atoms with Gasteiger partial charge in [0, 0.05) is 32.0 Å². The zero-order valence-electron chi connectivity index (χ0n) is 22.0. The number of rotatable bonds is 7. The van der Waals surface area contributed by atoms with Crippen LogP contribution in [-0.4, -0.2) is 69.4 Å². The van der Waals surface area contributed by atoms with Crippen LogP contribution in [0.25, 0.3) is 0 Å². The number of hydrogen-bond acceptors (Lipinski definition) is 5. The highest BCUT2D eigenvalue weighted by Crippen LogP contribution is 2.43. The molecule has 1 saturated heterocycles. The van der Waals surface area contributed by atoms with E-state index in [0.717, 1.165) is 44.7 Å². The summed E-state index contributed by atoms with van der Waals surface area (Å²) in [6.07, 6.45) is 10.4. The lowest BCUT2D eigenvalue weighted by Crippen LogP contribution is -2.54. The Morgan fingerprint density at radius 1 is 1.09 bits per heavy atom. The SMILES string of the molecule is CCC(=O)CC1=C(C)CC(C2(O)CCCC3(CC2)NC(=O)N(CC)C3=O)N(CC2CC2)CCCC1. The molecule has 4 rings (SSSR count). The van der Waals surface area contributed by atoms with Crippen molar-refractivity contribution in [1.82, 2.24) is 15.1 Å². The van der Waals surface area contributed by atoms with Crippen LogP contribution in [0.4, 0.5) is 4.79 Å². The quantitative estimate of drug-likeness (QED) is 0.412. The predicted octanol–water partition coefficient (Wildman–Crippen LogP) is 4.33. The fraction of sp³-hybridized carbons (Fsp3) is 0.821. The van der Waals surface area contributed by atoms with Gasteiger partial charge >= 0.3 is 6.03 Å². The Kier molecular flexibility index (Phi) is 8.06. The van der Waals surface area contributed by atoms with Gasteiger partial charge in [-0.2, -0.15) is 0 Å². The molecule has 0 aromatic carbocycles. The third-order valence-corrected chi connectivity index (χ3v) is 9.09. The maximum atomic E-state index is 13.2. The second kappa shape index (κ2) is 10.7. The van der Waals surface area contributed by atoms with Crippen molar-refractivity contribution in [3.63, 3.8) is 0 Å². The van der Waals surface area contributed by atoms with Crippen LogP contribution in [0.5, 0.6) is 0 Å². The first-order valence-electron chi connectivity index (χ1n) is 14.0. The van der Waals surface area contributed by atoms with Gasteiger partial charge in [0.2, 0.25) is 0 Å². The van der Waals surface area contributed by atoms with Gasteiger partial charge in [-0.25, -0.2) is 4.79 Å². The van der Waals surface area contributed by atoms with Gasteiger partial charge in [-0.15, -0.1) is 0 Å². The normalized spacial score (nSPS) is 33.4. The number of carbonyl (C=O) groups excluding carboxylic acids is 3. The fourth-order valence-electron chi connectivity index (χ4n) is 6.58. The van der Waals surface area contributed by atoms with Crippen LogP contribution in [-0.2, 0) is 9.59 Å². The Balaban J connectivity index is 1.60. The lowest BCUT2D eigenvalue weighted by Gasteiger charge is -2.43. The summed E-state index contributed by atoms with van der Waals surface area (Å²) < 4.78 is 0. The first kappa shape index (κ1) is 26.3. The van der Waals surface area contributed by atoms with E-state index in [1.807, 2.05) is 13.8 Å². The number of likely N-dealkylation sites (N-methyl/N-ethyl adjacent to an activating group) is 1. The molecule has 3 fully saturated rings. The van der Waals surface area contributed by atoms with Crippen molar-refractivity contribution >= 4 is 17.7 Å². The zero-order valence-corrected chi connectivity index (χ0v) is 22.0. The molecule has 196 valence electrons. The van der Waals surface area contributed by atoms with Gasteiger partial charge in [0.05, 0.1) is 5.60 Å². The Morgan fingerprint density at radius 2 is 1.86 bits per heavy atom. The number of ketones is 1. The third kappa shape index (κ3) is 5.66. The summed E-state index contributed by atoms with van der Waals surface area (Å²) in [5.41, 5.74) is 0.727. The molecule has 1 spiro atoms. The molecule has 3 unspecified atom stereocenters. The van der Waals surface area contributed by atoms with Crippen molar-refractivity contribution in [2.75, 3.05) is 19.6 Å². The van der Waals surface area contributed by atoms with Crippen molar-refractivity contribution < 1.29 is 19.5 Å². The molecular formula is C28H45N3O4. The summed E-state index contributed by atoms with van der Waals surface area (Å²) in [4.78, 5) is 41.8. The molecule has 2 heterocycles. The van der Waals surface area contributed by atoms with E-state index in [4.69, 9.17) is 0 Å². The van der Waals surface area contributed by atoms with Crippen LogP contribution >= 0.6 is 0 Å². The highest BCUT2D eigenvalue weighted by Gasteiger charge is 2.54. The number of allylic oxidation sites excluding steroid dienone is 1. The zero-order chi connectivity index (χ0) is 25.2. The standard InChI is InChI=1S/C28H45N3O4/c1-4-23(32)18-22-9-6-7-16-30(19-21-10-11-21)24(17-20(22)3)28(35)13-8-12-27(14-15-28)25(33)31(5-2)26(34)29-27/h21,24,35H,4-19H2,1-3H3,(H,29,34). The van der Waals surface area contributed by atoms with Crippen molar-refractivity contribution in [3.05, 3.63) is 11.1 Å². The topological polar surface area (TPSA) is 90.0 Å². The smallest absolute Gasteiger partial charge is 0.325 e. The predicted molar refractivity (Wildman–Crippen MR) is 136 cm³/mol. The summed E-state index contributed by atoms with van der Waals surface area (Å²) in [5, 5.41) is 15.3. The fourth-order valence-corrected chi connectivity index (χ4v) is 6.58. The first-order valence-corrected chi connectivity index (χ1v) is 14.0. The Bertz CT molecular complexity index is 866. The van der Waals surface area contributed by atoms with Gasteiger partial charge in [0.15, 0.2) is 0 Å². The molecule has 2 aliphatic carbocycles. The number of urea groups is 1. The molecule has 3 atom stereocenters. The molecule has 0 aromatic heterocycles. The average Bonchev–Trinajstić information content (AvgIpc) is 3.62. The van der Waals surface area contributed by atoms with Crippen molar-refractivity contribution in [2.24, 2.45) is 5.92 Å². The maximum Gasteiger partial charge on any atom is 0.325 e. The number of nitrogens with one attached hydrogen (secondary N) is 1. The number of Topliss-reactive ketones (excluding diaryl/α,β-unsaturated/α-hetero) is 1. The van der Waals surface area contributed by atoms with E-state index in [1.54, 1.807) is 0 Å². The number of carbonyl (C=O) groups is 3. The molecule has 2 N–H and O–H groups in total. The monoisotopic (exact) mass is 487 g/mol. The van der Waals surface area contributed by atoms with E-state index in [2.05, 4.69) is 17.1 Å². The number of hydrogen-bond donors (Lipinski definition) is 2. The van der Waals surface area contributed by atoms with E-state index >= 15 is 0 Å².